The second-order valence-electron chi connectivity index (χ2n) is 4.23. The number of carbonyl (C=O) groups is 1. The first-order chi connectivity index (χ1) is 10.1. The first-order valence-corrected chi connectivity index (χ1v) is 6.28. The Morgan fingerprint density at radius 3 is 2.38 bits per heavy atom. The number of ether oxygens (including phenoxy) is 2. The Morgan fingerprint density at radius 1 is 1.00 bits per heavy atom. The van der Waals surface area contributed by atoms with Crippen LogP contribution in [0.1, 0.15) is 0 Å². The highest BCUT2D eigenvalue weighted by atomic mass is 16.5. The zero-order valence-corrected chi connectivity index (χ0v) is 11.8. The monoisotopic (exact) mass is 287 g/mol. The zero-order chi connectivity index (χ0) is 15.2. The summed E-state index contributed by atoms with van der Waals surface area (Å²) in [6.45, 7) is 0. The molecule has 4 N–H and O–H groups in total. The van der Waals surface area contributed by atoms with Crippen molar-refractivity contribution in [1.29, 1.82) is 0 Å². The summed E-state index contributed by atoms with van der Waals surface area (Å²) < 4.78 is 10.2. The molecule has 0 aliphatic heterocycles. The van der Waals surface area contributed by atoms with Gasteiger partial charge in [0.05, 0.1) is 31.3 Å². The number of urea groups is 1. The van der Waals surface area contributed by atoms with Crippen molar-refractivity contribution in [3.05, 3.63) is 42.5 Å². The van der Waals surface area contributed by atoms with E-state index >= 15 is 0 Å². The highest BCUT2D eigenvalue weighted by Gasteiger charge is 2.09. The molecule has 2 aromatic rings. The number of benzene rings is 2. The summed E-state index contributed by atoms with van der Waals surface area (Å²) >= 11 is 0. The average Bonchev–Trinajstić information content (AvgIpc) is 2.49. The van der Waals surface area contributed by atoms with Crippen molar-refractivity contribution in [2.75, 3.05) is 30.6 Å². The molecule has 6 heteroatoms. The fraction of sp³-hybridized carbons (Fsp3) is 0.133. The van der Waals surface area contributed by atoms with Gasteiger partial charge in [0.1, 0.15) is 11.5 Å². The van der Waals surface area contributed by atoms with E-state index < -0.39 is 6.03 Å². The van der Waals surface area contributed by atoms with E-state index in [1.165, 1.54) is 0 Å². The Kier molecular flexibility index (Phi) is 4.50. The average molecular weight is 287 g/mol. The van der Waals surface area contributed by atoms with Gasteiger partial charge in [-0.25, -0.2) is 4.79 Å². The van der Waals surface area contributed by atoms with E-state index in [1.807, 2.05) is 6.07 Å². The Balaban J connectivity index is 2.08. The number of methoxy groups -OCH3 is 2. The molecule has 0 aliphatic carbocycles. The lowest BCUT2D eigenvalue weighted by Gasteiger charge is -2.12. The molecule has 6 nitrogen and oxygen atoms in total. The smallest absolute Gasteiger partial charge is 0.323 e. The van der Waals surface area contributed by atoms with E-state index in [0.29, 0.717) is 28.6 Å². The van der Waals surface area contributed by atoms with E-state index in [-0.39, 0.29) is 0 Å². The third-order valence-corrected chi connectivity index (χ3v) is 2.86. The van der Waals surface area contributed by atoms with E-state index in [0.717, 1.165) is 0 Å². The van der Waals surface area contributed by atoms with Crippen molar-refractivity contribution in [1.82, 2.24) is 0 Å². The SMILES string of the molecule is COc1ccc(NC(=O)Nc2ccccc2OC)c(N)c1. The Bertz CT molecular complexity index is 644. The lowest BCUT2D eigenvalue weighted by Crippen LogP contribution is -2.20. The number of nitrogens with two attached hydrogens (primary N) is 1. The predicted octanol–water partition coefficient (Wildman–Crippen LogP) is 2.93. The number of hydrogen-bond donors (Lipinski definition) is 3. The number of para-hydroxylation sites is 2. The Labute approximate surface area is 122 Å². The van der Waals surface area contributed by atoms with Crippen molar-refractivity contribution < 1.29 is 14.3 Å². The lowest BCUT2D eigenvalue weighted by molar-refractivity contribution is 0.262. The third kappa shape index (κ3) is 3.56. The maximum Gasteiger partial charge on any atom is 0.323 e. The minimum atomic E-state index is -0.406. The van der Waals surface area contributed by atoms with Crippen LogP contribution in [0.5, 0.6) is 11.5 Å². The van der Waals surface area contributed by atoms with Gasteiger partial charge in [0, 0.05) is 6.07 Å². The number of carbonyl (C=O) groups excluding carboxylic acids is 1. The molecule has 21 heavy (non-hydrogen) atoms. The van der Waals surface area contributed by atoms with Crippen LogP contribution in [-0.2, 0) is 0 Å². The highest BCUT2D eigenvalue weighted by molar-refractivity contribution is 6.02. The van der Waals surface area contributed by atoms with Crippen LogP contribution in [0.25, 0.3) is 0 Å². The Morgan fingerprint density at radius 2 is 1.71 bits per heavy atom. The molecular formula is C15H17N3O3. The topological polar surface area (TPSA) is 85.6 Å². The molecule has 0 heterocycles. The summed E-state index contributed by atoms with van der Waals surface area (Å²) in [7, 11) is 3.09. The zero-order valence-electron chi connectivity index (χ0n) is 11.8. The molecule has 2 amide bonds. The van der Waals surface area contributed by atoms with Crippen LogP contribution >= 0.6 is 0 Å². The van der Waals surface area contributed by atoms with Gasteiger partial charge in [-0.05, 0) is 24.3 Å². The van der Waals surface area contributed by atoms with Crippen molar-refractivity contribution in [2.24, 2.45) is 0 Å². The third-order valence-electron chi connectivity index (χ3n) is 2.86. The number of hydrogen-bond acceptors (Lipinski definition) is 4. The molecule has 2 rings (SSSR count). The molecule has 0 saturated carbocycles. The molecule has 0 atom stereocenters. The minimum absolute atomic E-state index is 0.406. The molecule has 0 saturated heterocycles. The standard InChI is InChI=1S/C15H17N3O3/c1-20-10-7-8-12(11(16)9-10)17-15(19)18-13-5-3-4-6-14(13)21-2/h3-9H,16H2,1-2H3,(H2,17,18,19). The van der Waals surface area contributed by atoms with Crippen LogP contribution in [0.4, 0.5) is 21.9 Å². The summed E-state index contributed by atoms with van der Waals surface area (Å²) in [6.07, 6.45) is 0. The van der Waals surface area contributed by atoms with Crippen molar-refractivity contribution >= 4 is 23.1 Å². The molecule has 2 aromatic carbocycles. The minimum Gasteiger partial charge on any atom is -0.497 e. The number of anilines is 3. The van der Waals surface area contributed by atoms with Gasteiger partial charge in [-0.3, -0.25) is 0 Å². The van der Waals surface area contributed by atoms with Gasteiger partial charge >= 0.3 is 6.03 Å². The van der Waals surface area contributed by atoms with Gasteiger partial charge in [-0.15, -0.1) is 0 Å². The molecule has 0 bridgehead atoms. The normalized spacial score (nSPS) is 9.81. The van der Waals surface area contributed by atoms with E-state index in [4.69, 9.17) is 15.2 Å². The van der Waals surface area contributed by atoms with Crippen LogP contribution in [-0.4, -0.2) is 20.3 Å². The van der Waals surface area contributed by atoms with Gasteiger partial charge in [0.2, 0.25) is 0 Å². The van der Waals surface area contributed by atoms with Crippen LogP contribution in [0.15, 0.2) is 42.5 Å². The number of amides is 2. The number of rotatable bonds is 4. The molecule has 110 valence electrons. The van der Waals surface area contributed by atoms with Gasteiger partial charge in [0.15, 0.2) is 0 Å². The van der Waals surface area contributed by atoms with Crippen LogP contribution < -0.4 is 25.8 Å². The lowest BCUT2D eigenvalue weighted by atomic mass is 10.2. The van der Waals surface area contributed by atoms with Gasteiger partial charge in [-0.1, -0.05) is 12.1 Å². The predicted molar refractivity (Wildman–Crippen MR) is 83.0 cm³/mol. The van der Waals surface area contributed by atoms with Crippen molar-refractivity contribution in [2.45, 2.75) is 0 Å². The van der Waals surface area contributed by atoms with Crippen LogP contribution in [0, 0.1) is 0 Å². The second kappa shape index (κ2) is 6.51. The first-order valence-electron chi connectivity index (χ1n) is 6.28. The fourth-order valence-electron chi connectivity index (χ4n) is 1.81. The summed E-state index contributed by atoms with van der Waals surface area (Å²) in [6, 6.07) is 11.8. The van der Waals surface area contributed by atoms with E-state index in [1.54, 1.807) is 50.6 Å². The molecule has 0 fully saturated rings. The van der Waals surface area contributed by atoms with Crippen LogP contribution in [0.3, 0.4) is 0 Å². The summed E-state index contributed by atoms with van der Waals surface area (Å²) in [4.78, 5) is 12.0. The molecule has 0 aliphatic rings. The quantitative estimate of drug-likeness (QED) is 0.755. The van der Waals surface area contributed by atoms with Crippen molar-refractivity contribution in [3.8, 4) is 11.5 Å². The maximum absolute atomic E-state index is 12.0. The van der Waals surface area contributed by atoms with Crippen molar-refractivity contribution in [3.63, 3.8) is 0 Å². The molecular weight excluding hydrogens is 270 g/mol. The summed E-state index contributed by atoms with van der Waals surface area (Å²) in [5.41, 5.74) is 7.35. The summed E-state index contributed by atoms with van der Waals surface area (Å²) in [5.74, 6) is 1.21. The molecule has 0 aromatic heterocycles. The van der Waals surface area contributed by atoms with E-state index in [9.17, 15) is 4.79 Å². The molecule has 0 unspecified atom stereocenters. The van der Waals surface area contributed by atoms with E-state index in [2.05, 4.69) is 10.6 Å². The fourth-order valence-corrected chi connectivity index (χ4v) is 1.81. The number of nitrogen functional groups attached to an aromatic ring is 1. The first kappa shape index (κ1) is 14.5. The molecule has 0 radical (unpaired) electrons. The highest BCUT2D eigenvalue weighted by Crippen LogP contribution is 2.26. The Hall–Kier alpha value is -2.89. The molecule has 0 spiro atoms. The second-order valence-corrected chi connectivity index (χ2v) is 4.23. The van der Waals surface area contributed by atoms with Gasteiger partial charge in [-0.2, -0.15) is 0 Å². The largest absolute Gasteiger partial charge is 0.497 e. The van der Waals surface area contributed by atoms with Crippen LogP contribution in [0.2, 0.25) is 0 Å². The van der Waals surface area contributed by atoms with Gasteiger partial charge < -0.3 is 25.8 Å². The number of nitrogens with one attached hydrogen (secondary N) is 2. The maximum atomic E-state index is 12.0. The summed E-state index contributed by atoms with van der Waals surface area (Å²) in [5, 5.41) is 5.38. The van der Waals surface area contributed by atoms with Gasteiger partial charge in [0.25, 0.3) is 0 Å².